The maximum absolute atomic E-state index is 5.46. The monoisotopic (exact) mass is 196 g/mol. The molecule has 0 aliphatic carbocycles. The summed E-state index contributed by atoms with van der Waals surface area (Å²) in [5.41, 5.74) is 6.36. The summed E-state index contributed by atoms with van der Waals surface area (Å²) in [7, 11) is 0. The topological polar surface area (TPSA) is 61.3 Å². The van der Waals surface area contributed by atoms with Crippen molar-refractivity contribution in [3.63, 3.8) is 0 Å². The second-order valence-electron chi connectivity index (χ2n) is 4.05. The Morgan fingerprint density at radius 1 is 1.64 bits per heavy atom. The van der Waals surface area contributed by atoms with Crippen molar-refractivity contribution in [1.82, 2.24) is 4.98 Å². The van der Waals surface area contributed by atoms with Crippen LogP contribution in [0.25, 0.3) is 0 Å². The summed E-state index contributed by atoms with van der Waals surface area (Å²) in [6, 6.07) is 0. The zero-order chi connectivity index (χ0) is 10.0. The second kappa shape index (κ2) is 3.71. The van der Waals surface area contributed by atoms with E-state index in [9.17, 15) is 0 Å². The Morgan fingerprint density at radius 2 is 2.50 bits per heavy atom. The maximum Gasteiger partial charge on any atom is 0.202 e. The molecular weight excluding hydrogens is 180 g/mol. The van der Waals surface area contributed by atoms with E-state index in [1.165, 1.54) is 0 Å². The molecule has 1 aliphatic rings. The molecule has 1 aromatic heterocycles. The van der Waals surface area contributed by atoms with Gasteiger partial charge in [-0.25, -0.2) is 4.98 Å². The van der Waals surface area contributed by atoms with Crippen LogP contribution in [0.3, 0.4) is 0 Å². The summed E-state index contributed by atoms with van der Waals surface area (Å²) < 4.78 is 10.8. The number of rotatable bonds is 3. The largest absolute Gasteiger partial charge is 0.448 e. The number of hydrogen-bond donors (Lipinski definition) is 1. The molecule has 78 valence electrons. The van der Waals surface area contributed by atoms with E-state index in [2.05, 4.69) is 11.9 Å². The lowest BCUT2D eigenvalue weighted by Crippen LogP contribution is -2.22. The van der Waals surface area contributed by atoms with Gasteiger partial charge in [-0.3, -0.25) is 0 Å². The summed E-state index contributed by atoms with van der Waals surface area (Å²) >= 11 is 0. The maximum atomic E-state index is 5.46. The van der Waals surface area contributed by atoms with Gasteiger partial charge in [0, 0.05) is 13.0 Å². The van der Waals surface area contributed by atoms with E-state index in [4.69, 9.17) is 14.9 Å². The van der Waals surface area contributed by atoms with Crippen molar-refractivity contribution in [2.75, 3.05) is 19.8 Å². The molecule has 2 N–H and O–H groups in total. The molecule has 0 spiro atoms. The molecule has 1 saturated heterocycles. The van der Waals surface area contributed by atoms with Gasteiger partial charge in [0.15, 0.2) is 0 Å². The Kier molecular flexibility index (Phi) is 2.56. The van der Waals surface area contributed by atoms with E-state index in [1.54, 1.807) is 6.26 Å². The van der Waals surface area contributed by atoms with E-state index in [-0.39, 0.29) is 5.41 Å². The van der Waals surface area contributed by atoms with Gasteiger partial charge >= 0.3 is 0 Å². The molecule has 1 aliphatic heterocycles. The van der Waals surface area contributed by atoms with Crippen LogP contribution in [0.1, 0.15) is 24.9 Å². The highest BCUT2D eigenvalue weighted by Gasteiger charge is 2.36. The fourth-order valence-corrected chi connectivity index (χ4v) is 1.68. The van der Waals surface area contributed by atoms with Gasteiger partial charge in [0.05, 0.1) is 17.7 Å². The summed E-state index contributed by atoms with van der Waals surface area (Å²) in [6.45, 7) is 4.23. The van der Waals surface area contributed by atoms with Gasteiger partial charge in [-0.15, -0.1) is 0 Å². The molecule has 0 bridgehead atoms. The molecule has 1 fully saturated rings. The summed E-state index contributed by atoms with van der Waals surface area (Å²) in [6.07, 6.45) is 3.46. The Bertz CT molecular complexity index is 303. The van der Waals surface area contributed by atoms with Crippen LogP contribution in [0.2, 0.25) is 0 Å². The molecule has 0 aromatic carbocycles. The van der Waals surface area contributed by atoms with Gasteiger partial charge in [-0.2, -0.15) is 0 Å². The summed E-state index contributed by atoms with van der Waals surface area (Å²) in [4.78, 5) is 4.43. The van der Waals surface area contributed by atoms with Crippen LogP contribution >= 0.6 is 0 Å². The van der Waals surface area contributed by atoms with E-state index >= 15 is 0 Å². The molecule has 1 aromatic rings. The zero-order valence-electron chi connectivity index (χ0n) is 8.45. The van der Waals surface area contributed by atoms with Crippen LogP contribution in [0, 0.1) is 0 Å². The molecular formula is C10H16N2O2. The number of nitrogens with zero attached hydrogens (tertiary/aromatic N) is 1. The first-order valence-electron chi connectivity index (χ1n) is 4.97. The average molecular weight is 196 g/mol. The van der Waals surface area contributed by atoms with Crippen molar-refractivity contribution in [1.29, 1.82) is 0 Å². The minimum Gasteiger partial charge on any atom is -0.448 e. The number of aromatic nitrogens is 1. The standard InChI is InChI=1S/C10H16N2O2/c1-10(3-5-13-7-10)9-12-8(2-4-11)6-14-9/h6H,2-5,7,11H2,1H3. The fourth-order valence-electron chi connectivity index (χ4n) is 1.68. The van der Waals surface area contributed by atoms with Crippen LogP contribution in [0.5, 0.6) is 0 Å². The van der Waals surface area contributed by atoms with Crippen LogP contribution in [0.15, 0.2) is 10.7 Å². The molecule has 0 saturated carbocycles. The normalized spacial score (nSPS) is 27.0. The van der Waals surface area contributed by atoms with E-state index in [1.807, 2.05) is 0 Å². The molecule has 2 heterocycles. The predicted molar refractivity (Wildman–Crippen MR) is 52.0 cm³/mol. The molecule has 14 heavy (non-hydrogen) atoms. The van der Waals surface area contributed by atoms with E-state index in [0.29, 0.717) is 13.2 Å². The summed E-state index contributed by atoms with van der Waals surface area (Å²) in [5, 5.41) is 0. The highest BCUT2D eigenvalue weighted by molar-refractivity contribution is 5.09. The van der Waals surface area contributed by atoms with Crippen LogP contribution < -0.4 is 5.73 Å². The number of hydrogen-bond acceptors (Lipinski definition) is 4. The number of oxazole rings is 1. The first kappa shape index (κ1) is 9.68. The molecule has 0 radical (unpaired) electrons. The molecule has 4 heteroatoms. The average Bonchev–Trinajstić information content (AvgIpc) is 2.75. The van der Waals surface area contributed by atoms with Crippen LogP contribution in [0.4, 0.5) is 0 Å². The van der Waals surface area contributed by atoms with Crippen molar-refractivity contribution in [2.24, 2.45) is 5.73 Å². The lowest BCUT2D eigenvalue weighted by molar-refractivity contribution is 0.173. The smallest absolute Gasteiger partial charge is 0.202 e. The van der Waals surface area contributed by atoms with Gasteiger partial charge < -0.3 is 14.9 Å². The van der Waals surface area contributed by atoms with Crippen molar-refractivity contribution < 1.29 is 9.15 Å². The first-order chi connectivity index (χ1) is 6.74. The van der Waals surface area contributed by atoms with Crippen molar-refractivity contribution in [2.45, 2.75) is 25.2 Å². The lowest BCUT2D eigenvalue weighted by atomic mass is 9.90. The third kappa shape index (κ3) is 1.67. The van der Waals surface area contributed by atoms with E-state index in [0.717, 1.165) is 31.0 Å². The van der Waals surface area contributed by atoms with E-state index < -0.39 is 0 Å². The van der Waals surface area contributed by atoms with Crippen LogP contribution in [-0.4, -0.2) is 24.7 Å². The second-order valence-corrected chi connectivity index (χ2v) is 4.05. The Balaban J connectivity index is 2.15. The Labute approximate surface area is 83.4 Å². The predicted octanol–water partition coefficient (Wildman–Crippen LogP) is 0.854. The number of nitrogens with two attached hydrogens (primary N) is 1. The van der Waals surface area contributed by atoms with Crippen molar-refractivity contribution in [3.8, 4) is 0 Å². The van der Waals surface area contributed by atoms with Gasteiger partial charge in [-0.1, -0.05) is 0 Å². The van der Waals surface area contributed by atoms with Crippen molar-refractivity contribution in [3.05, 3.63) is 17.8 Å². The lowest BCUT2D eigenvalue weighted by Gasteiger charge is -2.15. The molecule has 1 atom stereocenters. The third-order valence-corrected chi connectivity index (χ3v) is 2.69. The van der Waals surface area contributed by atoms with Gasteiger partial charge in [0.2, 0.25) is 5.89 Å². The van der Waals surface area contributed by atoms with Crippen molar-refractivity contribution >= 4 is 0 Å². The van der Waals surface area contributed by atoms with Gasteiger partial charge in [0.1, 0.15) is 6.26 Å². The molecule has 0 amide bonds. The minimum atomic E-state index is -0.0349. The number of ether oxygens (including phenoxy) is 1. The minimum absolute atomic E-state index is 0.0349. The Hall–Kier alpha value is -0.870. The first-order valence-corrected chi connectivity index (χ1v) is 4.97. The SMILES string of the molecule is CC1(c2nc(CCN)co2)CCOC1. The fraction of sp³-hybridized carbons (Fsp3) is 0.700. The highest BCUT2D eigenvalue weighted by Crippen LogP contribution is 2.31. The van der Waals surface area contributed by atoms with Crippen LogP contribution in [-0.2, 0) is 16.6 Å². The van der Waals surface area contributed by atoms with Gasteiger partial charge in [-0.05, 0) is 19.9 Å². The van der Waals surface area contributed by atoms with Gasteiger partial charge in [0.25, 0.3) is 0 Å². The highest BCUT2D eigenvalue weighted by atomic mass is 16.5. The Morgan fingerprint density at radius 3 is 3.14 bits per heavy atom. The molecule has 1 unspecified atom stereocenters. The summed E-state index contributed by atoms with van der Waals surface area (Å²) in [5.74, 6) is 0.790. The molecule has 4 nitrogen and oxygen atoms in total. The quantitative estimate of drug-likeness (QED) is 0.778. The molecule has 2 rings (SSSR count). The third-order valence-electron chi connectivity index (χ3n) is 2.69. The zero-order valence-corrected chi connectivity index (χ0v) is 8.45.